The van der Waals surface area contributed by atoms with Crippen LogP contribution in [-0.2, 0) is 16.6 Å². The summed E-state index contributed by atoms with van der Waals surface area (Å²) in [5.41, 5.74) is 5.20. The number of hydrazone groups is 1. The Balaban J connectivity index is 1.69. The van der Waals surface area contributed by atoms with Crippen LogP contribution in [-0.4, -0.2) is 27.1 Å². The van der Waals surface area contributed by atoms with E-state index in [4.69, 9.17) is 4.74 Å². The molecular weight excluding hydrogens is 486 g/mol. The molecule has 4 rings (SSSR count). The molecule has 4 aromatic rings. The number of methoxy groups -OCH3 is 1. The number of ether oxygens (including phenoxy) is 1. The van der Waals surface area contributed by atoms with Crippen molar-refractivity contribution in [3.63, 3.8) is 0 Å². The van der Waals surface area contributed by atoms with Crippen LogP contribution in [0.15, 0.2) is 119 Å². The minimum Gasteiger partial charge on any atom is -0.497 e. The van der Waals surface area contributed by atoms with Crippen LogP contribution >= 0.6 is 0 Å². The van der Waals surface area contributed by atoms with Crippen LogP contribution in [0.4, 0.5) is 5.69 Å². The van der Waals surface area contributed by atoms with Gasteiger partial charge in [-0.1, -0.05) is 60.7 Å². The zero-order valence-corrected chi connectivity index (χ0v) is 21.4. The first-order valence-corrected chi connectivity index (χ1v) is 13.0. The summed E-state index contributed by atoms with van der Waals surface area (Å²) < 4.78 is 34.0. The molecule has 4 aromatic carbocycles. The minimum absolute atomic E-state index is 0.0521. The van der Waals surface area contributed by atoms with Gasteiger partial charge < -0.3 is 4.74 Å². The fourth-order valence-electron chi connectivity index (χ4n) is 3.74. The fourth-order valence-corrected chi connectivity index (χ4v) is 5.24. The summed E-state index contributed by atoms with van der Waals surface area (Å²) in [7, 11) is -2.39. The second-order valence-corrected chi connectivity index (χ2v) is 10.1. The van der Waals surface area contributed by atoms with E-state index >= 15 is 0 Å². The van der Waals surface area contributed by atoms with Crippen molar-refractivity contribution in [1.29, 1.82) is 0 Å². The highest BCUT2D eigenvalue weighted by Gasteiger charge is 2.28. The summed E-state index contributed by atoms with van der Waals surface area (Å²) in [6.07, 6.45) is 0. The van der Waals surface area contributed by atoms with Gasteiger partial charge in [-0.3, -0.25) is 9.10 Å². The van der Waals surface area contributed by atoms with Gasteiger partial charge in [0.15, 0.2) is 0 Å². The van der Waals surface area contributed by atoms with Crippen LogP contribution in [0.1, 0.15) is 28.4 Å². The summed E-state index contributed by atoms with van der Waals surface area (Å²) in [4.78, 5) is 13.4. The van der Waals surface area contributed by atoms with Crippen molar-refractivity contribution < 1.29 is 17.9 Å². The molecule has 0 saturated heterocycles. The maximum Gasteiger partial charge on any atom is 0.273 e. The summed E-state index contributed by atoms with van der Waals surface area (Å²) in [6, 6.07) is 31.3. The smallest absolute Gasteiger partial charge is 0.273 e. The van der Waals surface area contributed by atoms with E-state index in [1.165, 1.54) is 4.31 Å². The molecule has 0 heterocycles. The second kappa shape index (κ2) is 11.5. The summed E-state index contributed by atoms with van der Waals surface area (Å²) in [5, 5.41) is 4.24. The zero-order chi connectivity index (χ0) is 26.3. The highest BCUT2D eigenvalue weighted by molar-refractivity contribution is 7.92. The van der Waals surface area contributed by atoms with E-state index < -0.39 is 15.9 Å². The Kier molecular flexibility index (Phi) is 8.00. The van der Waals surface area contributed by atoms with E-state index in [0.717, 1.165) is 11.1 Å². The van der Waals surface area contributed by atoms with Crippen LogP contribution < -0.4 is 14.5 Å². The molecule has 7 nitrogen and oxygen atoms in total. The SMILES string of the molecule is COc1ccc(/C(C)=N/NC(=O)c2ccccc2N(Cc2ccccc2)S(=O)(=O)c2ccccc2)cc1. The van der Waals surface area contributed by atoms with Crippen LogP contribution in [0.2, 0.25) is 0 Å². The van der Waals surface area contributed by atoms with Crippen LogP contribution in [0.25, 0.3) is 0 Å². The molecule has 0 bridgehead atoms. The van der Waals surface area contributed by atoms with E-state index in [2.05, 4.69) is 10.5 Å². The number of hydrogen-bond acceptors (Lipinski definition) is 5. The molecule has 0 aromatic heterocycles. The standard InChI is InChI=1S/C29H27N3O4S/c1-22(24-17-19-25(36-2)20-18-24)30-31-29(33)27-15-9-10-16-28(27)32(21-23-11-5-3-6-12-23)37(34,35)26-13-7-4-8-14-26/h3-20H,21H2,1-2H3,(H,31,33)/b30-22+. The lowest BCUT2D eigenvalue weighted by atomic mass is 10.1. The molecule has 0 aliphatic rings. The first-order valence-electron chi connectivity index (χ1n) is 11.6. The van der Waals surface area contributed by atoms with E-state index in [9.17, 15) is 13.2 Å². The predicted octanol–water partition coefficient (Wildman–Crippen LogP) is 5.24. The molecule has 1 amide bonds. The summed E-state index contributed by atoms with van der Waals surface area (Å²) >= 11 is 0. The maximum atomic E-state index is 13.8. The number of carbonyl (C=O) groups is 1. The lowest BCUT2D eigenvalue weighted by Gasteiger charge is -2.26. The molecule has 0 radical (unpaired) electrons. The number of benzene rings is 4. The van der Waals surface area contributed by atoms with Crippen LogP contribution in [0.5, 0.6) is 5.75 Å². The van der Waals surface area contributed by atoms with Crippen molar-refractivity contribution in [2.24, 2.45) is 5.10 Å². The monoisotopic (exact) mass is 513 g/mol. The van der Waals surface area contributed by atoms with Gasteiger partial charge in [0.25, 0.3) is 15.9 Å². The molecule has 0 atom stereocenters. The van der Waals surface area contributed by atoms with E-state index in [1.54, 1.807) is 80.8 Å². The number of para-hydroxylation sites is 1. The molecule has 37 heavy (non-hydrogen) atoms. The highest BCUT2D eigenvalue weighted by Crippen LogP contribution is 2.29. The highest BCUT2D eigenvalue weighted by atomic mass is 32.2. The molecule has 188 valence electrons. The van der Waals surface area contributed by atoms with Gasteiger partial charge in [0.1, 0.15) is 5.75 Å². The Bertz CT molecular complexity index is 1490. The zero-order valence-electron chi connectivity index (χ0n) is 20.5. The quantitative estimate of drug-likeness (QED) is 0.245. The molecular formula is C29H27N3O4S. The molecule has 0 spiro atoms. The number of nitrogens with zero attached hydrogens (tertiary/aromatic N) is 2. The first-order chi connectivity index (χ1) is 17.9. The normalized spacial score (nSPS) is 11.6. The Morgan fingerprint density at radius 2 is 1.43 bits per heavy atom. The third-order valence-corrected chi connectivity index (χ3v) is 7.52. The van der Waals surface area contributed by atoms with E-state index in [-0.39, 0.29) is 22.7 Å². The van der Waals surface area contributed by atoms with Crippen molar-refractivity contribution in [2.45, 2.75) is 18.4 Å². The van der Waals surface area contributed by atoms with Gasteiger partial charge in [0.05, 0.1) is 35.5 Å². The lowest BCUT2D eigenvalue weighted by Crippen LogP contribution is -2.33. The molecule has 1 N–H and O–H groups in total. The first kappa shape index (κ1) is 25.7. The topological polar surface area (TPSA) is 88.1 Å². The number of nitrogens with one attached hydrogen (secondary N) is 1. The third kappa shape index (κ3) is 6.05. The Morgan fingerprint density at radius 1 is 0.838 bits per heavy atom. The van der Waals surface area contributed by atoms with Gasteiger partial charge in [-0.25, -0.2) is 13.8 Å². The summed E-state index contributed by atoms with van der Waals surface area (Å²) in [5.74, 6) is 0.192. The number of amides is 1. The van der Waals surface area contributed by atoms with Crippen molar-refractivity contribution in [3.05, 3.63) is 126 Å². The largest absolute Gasteiger partial charge is 0.497 e. The number of anilines is 1. The van der Waals surface area contributed by atoms with Gasteiger partial charge in [0, 0.05) is 0 Å². The number of rotatable bonds is 9. The fraction of sp³-hybridized carbons (Fsp3) is 0.103. The molecule has 0 aliphatic carbocycles. The van der Waals surface area contributed by atoms with E-state index in [1.807, 2.05) is 42.5 Å². The van der Waals surface area contributed by atoms with Crippen molar-refractivity contribution in [1.82, 2.24) is 5.43 Å². The van der Waals surface area contributed by atoms with Crippen molar-refractivity contribution in [2.75, 3.05) is 11.4 Å². The maximum absolute atomic E-state index is 13.8. The van der Waals surface area contributed by atoms with Crippen LogP contribution in [0.3, 0.4) is 0 Å². The van der Waals surface area contributed by atoms with Crippen LogP contribution in [0, 0.1) is 0 Å². The second-order valence-electron chi connectivity index (χ2n) is 8.19. The van der Waals surface area contributed by atoms with Crippen molar-refractivity contribution in [3.8, 4) is 5.75 Å². The molecule has 0 aliphatic heterocycles. The van der Waals surface area contributed by atoms with Crippen molar-refractivity contribution >= 4 is 27.3 Å². The molecule has 0 fully saturated rings. The Hall–Kier alpha value is -4.43. The van der Waals surface area contributed by atoms with E-state index in [0.29, 0.717) is 11.5 Å². The lowest BCUT2D eigenvalue weighted by molar-refractivity contribution is 0.0955. The van der Waals surface area contributed by atoms with Gasteiger partial charge >= 0.3 is 0 Å². The predicted molar refractivity (Wildman–Crippen MR) is 145 cm³/mol. The molecule has 0 saturated carbocycles. The third-order valence-electron chi connectivity index (χ3n) is 5.75. The van der Waals surface area contributed by atoms with Gasteiger partial charge in [0.2, 0.25) is 0 Å². The minimum atomic E-state index is -3.98. The number of hydrogen-bond donors (Lipinski definition) is 1. The number of carbonyl (C=O) groups excluding carboxylic acids is 1. The average Bonchev–Trinajstić information content (AvgIpc) is 2.95. The molecule has 8 heteroatoms. The van der Waals surface area contributed by atoms with Gasteiger partial charge in [-0.15, -0.1) is 0 Å². The Morgan fingerprint density at radius 3 is 2.08 bits per heavy atom. The summed E-state index contributed by atoms with van der Waals surface area (Å²) in [6.45, 7) is 1.83. The van der Waals surface area contributed by atoms with Gasteiger partial charge in [-0.2, -0.15) is 5.10 Å². The Labute approximate surface area is 217 Å². The number of sulfonamides is 1. The average molecular weight is 514 g/mol. The van der Waals surface area contributed by atoms with Gasteiger partial charge in [-0.05, 0) is 66.6 Å². The molecule has 0 unspecified atom stereocenters.